The Morgan fingerprint density at radius 1 is 1.38 bits per heavy atom. The lowest BCUT2D eigenvalue weighted by atomic mass is 10.0. The first-order chi connectivity index (χ1) is 7.29. The molecule has 1 unspecified atom stereocenters. The predicted octanol–water partition coefficient (Wildman–Crippen LogP) is 3.18. The van der Waals surface area contributed by atoms with E-state index in [1.165, 1.54) is 13.2 Å². The molecule has 2 nitrogen and oxygen atoms in total. The molecule has 1 aromatic rings. The number of ether oxygens (including phenoxy) is 1. The van der Waals surface area contributed by atoms with Gasteiger partial charge in [-0.25, -0.2) is 0 Å². The van der Waals surface area contributed by atoms with E-state index in [9.17, 15) is 13.9 Å². The molecule has 0 heterocycles. The van der Waals surface area contributed by atoms with E-state index < -0.39 is 11.5 Å². The molecular weight excluding hydrogens is 238 g/mol. The van der Waals surface area contributed by atoms with E-state index in [1.54, 1.807) is 13.0 Å². The highest BCUT2D eigenvalue weighted by atomic mass is 35.5. The summed E-state index contributed by atoms with van der Waals surface area (Å²) >= 11 is 4.80. The topological polar surface area (TPSA) is 29.5 Å². The molecular formula is C11H13ClF2O2. The maximum absolute atomic E-state index is 12.8. The number of aryl methyl sites for hydroxylation is 1. The average Bonchev–Trinajstić information content (AvgIpc) is 2.19. The fourth-order valence-electron chi connectivity index (χ4n) is 1.47. The normalized spacial score (nSPS) is 13.7. The molecule has 0 fully saturated rings. The summed E-state index contributed by atoms with van der Waals surface area (Å²) in [5, 5.41) is 5.71. The van der Waals surface area contributed by atoms with E-state index in [0.29, 0.717) is 5.56 Å². The first kappa shape index (κ1) is 13.2. The largest absolute Gasteiger partial charge is 0.496 e. The van der Waals surface area contributed by atoms with Gasteiger partial charge in [0.05, 0.1) is 7.11 Å². The predicted molar refractivity (Wildman–Crippen MR) is 58.2 cm³/mol. The maximum atomic E-state index is 12.8. The number of hydrogen-bond donors (Lipinski definition) is 1. The van der Waals surface area contributed by atoms with Crippen molar-refractivity contribution in [2.24, 2.45) is 0 Å². The third-order valence-corrected chi connectivity index (χ3v) is 2.72. The van der Waals surface area contributed by atoms with Crippen molar-refractivity contribution in [3.8, 4) is 5.75 Å². The van der Waals surface area contributed by atoms with Crippen LogP contribution in [-0.4, -0.2) is 17.6 Å². The number of methoxy groups -OCH3 is 1. The van der Waals surface area contributed by atoms with E-state index in [4.69, 9.17) is 16.3 Å². The molecule has 1 N–H and O–H groups in total. The number of hydrogen-bond acceptors (Lipinski definition) is 2. The zero-order valence-electron chi connectivity index (χ0n) is 9.22. The van der Waals surface area contributed by atoms with Crippen LogP contribution in [-0.2, 0) is 0 Å². The van der Waals surface area contributed by atoms with Crippen LogP contribution in [0.4, 0.5) is 8.78 Å². The summed E-state index contributed by atoms with van der Waals surface area (Å²) in [5.41, 5.74) is 1.59. The Labute approximate surface area is 97.8 Å². The minimum absolute atomic E-state index is 0.00870. The van der Waals surface area contributed by atoms with E-state index in [0.717, 1.165) is 5.56 Å². The highest BCUT2D eigenvalue weighted by molar-refractivity contribution is 6.22. The van der Waals surface area contributed by atoms with E-state index in [-0.39, 0.29) is 11.3 Å². The summed E-state index contributed by atoms with van der Waals surface area (Å²) < 4.78 is 30.6. The Morgan fingerprint density at radius 2 is 1.94 bits per heavy atom. The Bertz CT molecular complexity index is 388. The summed E-state index contributed by atoms with van der Waals surface area (Å²) in [6.07, 6.45) is -2.08. The number of aliphatic hydroxyl groups excluding tert-OH is 1. The van der Waals surface area contributed by atoms with Crippen LogP contribution in [0.2, 0.25) is 0 Å². The van der Waals surface area contributed by atoms with Crippen molar-refractivity contribution in [1.29, 1.82) is 0 Å². The zero-order chi connectivity index (χ0) is 12.5. The molecule has 0 aromatic heterocycles. The molecule has 90 valence electrons. The second kappa shape index (κ2) is 4.55. The van der Waals surface area contributed by atoms with Crippen LogP contribution in [0, 0.1) is 13.8 Å². The average molecular weight is 251 g/mol. The van der Waals surface area contributed by atoms with Crippen molar-refractivity contribution < 1.29 is 18.6 Å². The number of aliphatic hydroxyl groups is 1. The second-order valence-corrected chi connectivity index (χ2v) is 4.08. The molecule has 0 aliphatic carbocycles. The molecule has 1 rings (SSSR count). The van der Waals surface area contributed by atoms with Crippen LogP contribution in [0.3, 0.4) is 0 Å². The van der Waals surface area contributed by atoms with Gasteiger partial charge in [0.1, 0.15) is 5.75 Å². The number of halogens is 3. The quantitative estimate of drug-likeness (QED) is 0.835. The van der Waals surface area contributed by atoms with Crippen LogP contribution >= 0.6 is 11.6 Å². The van der Waals surface area contributed by atoms with Crippen LogP contribution in [0.1, 0.15) is 22.8 Å². The van der Waals surface area contributed by atoms with Crippen molar-refractivity contribution in [2.75, 3.05) is 7.11 Å². The molecule has 5 heteroatoms. The van der Waals surface area contributed by atoms with Gasteiger partial charge in [-0.15, -0.1) is 0 Å². The molecule has 0 bridgehead atoms. The van der Waals surface area contributed by atoms with Crippen LogP contribution < -0.4 is 4.74 Å². The van der Waals surface area contributed by atoms with Crippen molar-refractivity contribution >= 4 is 11.6 Å². The molecule has 0 radical (unpaired) electrons. The maximum Gasteiger partial charge on any atom is 0.351 e. The van der Waals surface area contributed by atoms with Gasteiger partial charge in [0.2, 0.25) is 0 Å². The number of rotatable bonds is 3. The van der Waals surface area contributed by atoms with E-state index >= 15 is 0 Å². The monoisotopic (exact) mass is 250 g/mol. The molecule has 1 atom stereocenters. The summed E-state index contributed by atoms with van der Waals surface area (Å²) in [7, 11) is 1.37. The Morgan fingerprint density at radius 3 is 2.38 bits per heavy atom. The van der Waals surface area contributed by atoms with Gasteiger partial charge in [0.25, 0.3) is 0 Å². The Balaban J connectivity index is 3.30. The van der Waals surface area contributed by atoms with Crippen molar-refractivity contribution in [3.63, 3.8) is 0 Å². The zero-order valence-corrected chi connectivity index (χ0v) is 9.98. The summed E-state index contributed by atoms with van der Waals surface area (Å²) in [5.74, 6) is 0.243. The van der Waals surface area contributed by atoms with Gasteiger partial charge in [-0.2, -0.15) is 8.78 Å². The van der Waals surface area contributed by atoms with Crippen molar-refractivity contribution in [1.82, 2.24) is 0 Å². The van der Waals surface area contributed by atoms with Gasteiger partial charge in [0.15, 0.2) is 6.10 Å². The van der Waals surface area contributed by atoms with Crippen LogP contribution in [0.5, 0.6) is 5.75 Å². The van der Waals surface area contributed by atoms with E-state index in [1.807, 2.05) is 6.92 Å². The molecule has 0 spiro atoms. The molecule has 0 saturated heterocycles. The van der Waals surface area contributed by atoms with Crippen LogP contribution in [0.25, 0.3) is 0 Å². The minimum atomic E-state index is -3.71. The summed E-state index contributed by atoms with van der Waals surface area (Å²) in [6, 6.07) is 3.03. The van der Waals surface area contributed by atoms with Crippen LogP contribution in [0.15, 0.2) is 12.1 Å². The third kappa shape index (κ3) is 2.44. The lowest BCUT2D eigenvalue weighted by Crippen LogP contribution is -2.20. The first-order valence-electron chi connectivity index (χ1n) is 4.68. The SMILES string of the molecule is COc1c(C(O)C(F)(F)Cl)ccc(C)c1C. The second-order valence-electron chi connectivity index (χ2n) is 3.57. The fraction of sp³-hybridized carbons (Fsp3) is 0.455. The molecule has 0 saturated carbocycles. The lowest BCUT2D eigenvalue weighted by molar-refractivity contribution is -0.0434. The molecule has 0 amide bonds. The molecule has 0 aliphatic rings. The standard InChI is InChI=1S/C11H13ClF2O2/c1-6-4-5-8(9(16-3)7(6)2)10(15)11(12,13)14/h4-5,10,15H,1-3H3. The Hall–Kier alpha value is -0.870. The highest BCUT2D eigenvalue weighted by Crippen LogP contribution is 2.40. The first-order valence-corrected chi connectivity index (χ1v) is 5.05. The van der Waals surface area contributed by atoms with Crippen molar-refractivity contribution in [2.45, 2.75) is 25.3 Å². The minimum Gasteiger partial charge on any atom is -0.496 e. The van der Waals surface area contributed by atoms with Gasteiger partial charge >= 0.3 is 5.38 Å². The molecule has 16 heavy (non-hydrogen) atoms. The smallest absolute Gasteiger partial charge is 0.351 e. The summed E-state index contributed by atoms with van der Waals surface area (Å²) in [6.45, 7) is 3.56. The molecule has 1 aromatic carbocycles. The van der Waals surface area contributed by atoms with Gasteiger partial charge in [-0.05, 0) is 36.6 Å². The van der Waals surface area contributed by atoms with Crippen molar-refractivity contribution in [3.05, 3.63) is 28.8 Å². The van der Waals surface area contributed by atoms with E-state index in [2.05, 4.69) is 0 Å². The number of benzene rings is 1. The molecule has 0 aliphatic heterocycles. The van der Waals surface area contributed by atoms with Gasteiger partial charge in [-0.3, -0.25) is 0 Å². The summed E-state index contributed by atoms with van der Waals surface area (Å²) in [4.78, 5) is 0. The highest BCUT2D eigenvalue weighted by Gasteiger charge is 2.38. The fourth-order valence-corrected chi connectivity index (χ4v) is 1.59. The van der Waals surface area contributed by atoms with Gasteiger partial charge in [0, 0.05) is 5.56 Å². The third-order valence-electron chi connectivity index (χ3n) is 2.52. The Kier molecular flexibility index (Phi) is 3.76. The van der Waals surface area contributed by atoms with Gasteiger partial charge < -0.3 is 9.84 Å². The lowest BCUT2D eigenvalue weighted by Gasteiger charge is -2.20. The van der Waals surface area contributed by atoms with Gasteiger partial charge in [-0.1, -0.05) is 12.1 Å². The number of alkyl halides is 3.